The minimum absolute atomic E-state index is 0.247. The zero-order valence-corrected chi connectivity index (χ0v) is 19.4. The molecule has 0 aliphatic heterocycles. The van der Waals surface area contributed by atoms with Crippen molar-refractivity contribution in [1.29, 1.82) is 0 Å². The predicted molar refractivity (Wildman–Crippen MR) is 128 cm³/mol. The topological polar surface area (TPSA) is 108 Å². The van der Waals surface area contributed by atoms with Crippen LogP contribution in [0.3, 0.4) is 0 Å². The number of carbonyl (C=O) groups excluding carboxylic acids is 4. The second-order valence-corrected chi connectivity index (χ2v) is 7.60. The largest absolute Gasteiger partial charge is 0.467 e. The minimum Gasteiger partial charge on any atom is -0.467 e. The zero-order chi connectivity index (χ0) is 25.2. The summed E-state index contributed by atoms with van der Waals surface area (Å²) in [6, 6.07) is 21.9. The van der Waals surface area contributed by atoms with E-state index in [1.54, 1.807) is 48.5 Å². The molecule has 8 heteroatoms. The van der Waals surface area contributed by atoms with Crippen LogP contribution in [-0.4, -0.2) is 43.6 Å². The number of methoxy groups -OCH3 is 1. The summed E-state index contributed by atoms with van der Waals surface area (Å²) in [5.41, 5.74) is 2.83. The van der Waals surface area contributed by atoms with Crippen molar-refractivity contribution in [3.8, 4) is 16.9 Å². The Bertz CT molecular complexity index is 1170. The van der Waals surface area contributed by atoms with Gasteiger partial charge in [-0.2, -0.15) is 0 Å². The minimum atomic E-state index is -0.903. The average molecular weight is 475 g/mol. The fourth-order valence-corrected chi connectivity index (χ4v) is 3.32. The van der Waals surface area contributed by atoms with E-state index >= 15 is 0 Å². The first-order valence-electron chi connectivity index (χ1n) is 10.8. The third kappa shape index (κ3) is 7.53. The normalized spacial score (nSPS) is 11.1. The molecule has 180 valence electrons. The van der Waals surface area contributed by atoms with Gasteiger partial charge in [0.15, 0.2) is 6.61 Å². The molecule has 1 unspecified atom stereocenters. The Balaban J connectivity index is 1.54. The van der Waals surface area contributed by atoms with Gasteiger partial charge in [0, 0.05) is 13.3 Å². The number of nitrogens with one attached hydrogen (secondary N) is 1. The van der Waals surface area contributed by atoms with Gasteiger partial charge in [0.2, 0.25) is 0 Å². The molecule has 35 heavy (non-hydrogen) atoms. The molecule has 8 nitrogen and oxygen atoms in total. The summed E-state index contributed by atoms with van der Waals surface area (Å²) in [5, 5.41) is 2.55. The van der Waals surface area contributed by atoms with E-state index in [2.05, 4.69) is 5.32 Å². The molecule has 0 bridgehead atoms. The van der Waals surface area contributed by atoms with Gasteiger partial charge in [-0.25, -0.2) is 9.59 Å². The van der Waals surface area contributed by atoms with Gasteiger partial charge < -0.3 is 19.5 Å². The number of ether oxygens (including phenoxy) is 3. The SMILES string of the molecule is COC(=O)C(Cc1ccccc1)NC(=O)COC(=O)c1ccc(-c2ccc(OC(C)=O)cc2)cc1. The maximum atomic E-state index is 12.4. The van der Waals surface area contributed by atoms with Crippen LogP contribution in [0.4, 0.5) is 0 Å². The maximum absolute atomic E-state index is 12.4. The first kappa shape index (κ1) is 25.2. The molecule has 3 aromatic rings. The van der Waals surface area contributed by atoms with E-state index < -0.39 is 36.5 Å². The quantitative estimate of drug-likeness (QED) is 0.374. The van der Waals surface area contributed by atoms with Crippen LogP contribution < -0.4 is 10.1 Å². The summed E-state index contributed by atoms with van der Waals surface area (Å²) < 4.78 is 14.9. The van der Waals surface area contributed by atoms with Crippen molar-refractivity contribution in [2.24, 2.45) is 0 Å². The summed E-state index contributed by atoms with van der Waals surface area (Å²) >= 11 is 0. The molecule has 0 saturated carbocycles. The molecule has 0 spiro atoms. The molecule has 3 rings (SSSR count). The van der Waals surface area contributed by atoms with Crippen LogP contribution in [0.2, 0.25) is 0 Å². The van der Waals surface area contributed by atoms with Crippen molar-refractivity contribution in [3.63, 3.8) is 0 Å². The standard InChI is InChI=1S/C27H25NO7/c1-18(29)35-23-14-12-21(13-15-23)20-8-10-22(11-9-20)26(31)34-17-25(30)28-24(27(32)33-2)16-19-6-4-3-5-7-19/h3-15,24H,16-17H2,1-2H3,(H,28,30). The van der Waals surface area contributed by atoms with Crippen LogP contribution >= 0.6 is 0 Å². The van der Waals surface area contributed by atoms with Crippen molar-refractivity contribution in [3.05, 3.63) is 90.0 Å². The van der Waals surface area contributed by atoms with Crippen molar-refractivity contribution in [1.82, 2.24) is 5.32 Å². The molecule has 0 aliphatic rings. The van der Waals surface area contributed by atoms with E-state index in [1.807, 2.05) is 30.3 Å². The fourth-order valence-electron chi connectivity index (χ4n) is 3.32. The van der Waals surface area contributed by atoms with Gasteiger partial charge >= 0.3 is 17.9 Å². The van der Waals surface area contributed by atoms with E-state index in [1.165, 1.54) is 14.0 Å². The van der Waals surface area contributed by atoms with E-state index in [-0.39, 0.29) is 12.0 Å². The van der Waals surface area contributed by atoms with E-state index in [0.717, 1.165) is 16.7 Å². The summed E-state index contributed by atoms with van der Waals surface area (Å²) in [7, 11) is 1.24. The summed E-state index contributed by atoms with van der Waals surface area (Å²) in [4.78, 5) is 47.8. The predicted octanol–water partition coefficient (Wildman–Crippen LogP) is 3.34. The van der Waals surface area contributed by atoms with Gasteiger partial charge in [-0.15, -0.1) is 0 Å². The Kier molecular flexibility index (Phi) is 8.72. The molecule has 0 fully saturated rings. The lowest BCUT2D eigenvalue weighted by Gasteiger charge is -2.16. The van der Waals surface area contributed by atoms with Crippen molar-refractivity contribution in [2.45, 2.75) is 19.4 Å². The first-order valence-corrected chi connectivity index (χ1v) is 10.8. The molecule has 0 radical (unpaired) electrons. The molecule has 0 heterocycles. The first-order chi connectivity index (χ1) is 16.9. The lowest BCUT2D eigenvalue weighted by atomic mass is 10.0. The molecule has 1 atom stereocenters. The van der Waals surface area contributed by atoms with Crippen LogP contribution in [0.1, 0.15) is 22.8 Å². The molecule has 0 aromatic heterocycles. The third-order valence-corrected chi connectivity index (χ3v) is 5.01. The monoisotopic (exact) mass is 475 g/mol. The third-order valence-electron chi connectivity index (χ3n) is 5.01. The van der Waals surface area contributed by atoms with Gasteiger partial charge in [0.05, 0.1) is 12.7 Å². The molecule has 1 amide bonds. The lowest BCUT2D eigenvalue weighted by molar-refractivity contribution is -0.145. The molecular formula is C27H25NO7. The van der Waals surface area contributed by atoms with Crippen LogP contribution in [0.5, 0.6) is 5.75 Å². The molecule has 0 aliphatic carbocycles. The molecule has 1 N–H and O–H groups in total. The number of esters is 3. The summed E-state index contributed by atoms with van der Waals surface area (Å²) in [6.07, 6.45) is 0.247. The number of amides is 1. The lowest BCUT2D eigenvalue weighted by Crippen LogP contribution is -2.44. The Morgan fingerprint density at radius 2 is 1.43 bits per heavy atom. The molecule has 0 saturated heterocycles. The van der Waals surface area contributed by atoms with Crippen molar-refractivity contribution >= 4 is 23.8 Å². The second kappa shape index (κ2) is 12.1. The zero-order valence-electron chi connectivity index (χ0n) is 19.4. The van der Waals surface area contributed by atoms with E-state index in [0.29, 0.717) is 5.75 Å². The van der Waals surface area contributed by atoms with Crippen LogP contribution in [0.15, 0.2) is 78.9 Å². The van der Waals surface area contributed by atoms with Crippen LogP contribution in [0, 0.1) is 0 Å². The van der Waals surface area contributed by atoms with Crippen LogP contribution in [0.25, 0.3) is 11.1 Å². The van der Waals surface area contributed by atoms with Gasteiger partial charge in [0.25, 0.3) is 5.91 Å². The van der Waals surface area contributed by atoms with Gasteiger partial charge in [-0.05, 0) is 41.0 Å². The maximum Gasteiger partial charge on any atom is 0.338 e. The highest BCUT2D eigenvalue weighted by Crippen LogP contribution is 2.23. The number of rotatable bonds is 9. The number of hydrogen-bond donors (Lipinski definition) is 1. The molecular weight excluding hydrogens is 450 g/mol. The average Bonchev–Trinajstić information content (AvgIpc) is 2.87. The summed E-state index contributed by atoms with van der Waals surface area (Å²) in [5.74, 6) is -1.84. The number of carbonyl (C=O) groups is 4. The highest BCUT2D eigenvalue weighted by atomic mass is 16.5. The Hall–Kier alpha value is -4.46. The Labute approximate surface area is 202 Å². The van der Waals surface area contributed by atoms with Gasteiger partial charge in [-0.3, -0.25) is 9.59 Å². The Morgan fingerprint density at radius 3 is 2.00 bits per heavy atom. The van der Waals surface area contributed by atoms with Gasteiger partial charge in [0.1, 0.15) is 11.8 Å². The molecule has 3 aromatic carbocycles. The fraction of sp³-hybridized carbons (Fsp3) is 0.185. The highest BCUT2D eigenvalue weighted by Gasteiger charge is 2.22. The second-order valence-electron chi connectivity index (χ2n) is 7.60. The smallest absolute Gasteiger partial charge is 0.338 e. The number of hydrogen-bond acceptors (Lipinski definition) is 7. The highest BCUT2D eigenvalue weighted by molar-refractivity contribution is 5.92. The van der Waals surface area contributed by atoms with Crippen molar-refractivity contribution < 1.29 is 33.4 Å². The van der Waals surface area contributed by atoms with Crippen molar-refractivity contribution in [2.75, 3.05) is 13.7 Å². The van der Waals surface area contributed by atoms with E-state index in [9.17, 15) is 19.2 Å². The van der Waals surface area contributed by atoms with Gasteiger partial charge in [-0.1, -0.05) is 54.6 Å². The van der Waals surface area contributed by atoms with E-state index in [4.69, 9.17) is 14.2 Å². The Morgan fingerprint density at radius 1 is 0.829 bits per heavy atom. The summed E-state index contributed by atoms with van der Waals surface area (Å²) in [6.45, 7) is 0.790. The van der Waals surface area contributed by atoms with Crippen LogP contribution in [-0.2, 0) is 30.3 Å². The number of benzene rings is 3.